The lowest BCUT2D eigenvalue weighted by atomic mass is 10.1. The summed E-state index contributed by atoms with van der Waals surface area (Å²) in [6, 6.07) is 16.4. The summed E-state index contributed by atoms with van der Waals surface area (Å²) in [7, 11) is -3.57. The fourth-order valence-electron chi connectivity index (χ4n) is 3.54. The van der Waals surface area contributed by atoms with E-state index in [9.17, 15) is 13.2 Å². The van der Waals surface area contributed by atoms with Crippen molar-refractivity contribution in [2.75, 3.05) is 18.4 Å². The smallest absolute Gasteiger partial charge is 0.257 e. The Hall–Kier alpha value is -2.62. The molecule has 3 aromatic rings. The zero-order valence-electron chi connectivity index (χ0n) is 17.0. The molecule has 2 heterocycles. The number of rotatable bonds is 8. The molecular weight excluding hydrogens is 432 g/mol. The van der Waals surface area contributed by atoms with E-state index in [2.05, 4.69) is 27.6 Å². The molecular formula is C22H24N4O3S2. The third kappa shape index (κ3) is 5.36. The van der Waals surface area contributed by atoms with Gasteiger partial charge in [-0.2, -0.15) is 4.31 Å². The maximum Gasteiger partial charge on any atom is 0.257 e. The number of sulfonamides is 1. The molecule has 1 N–H and O–H groups in total. The molecule has 162 valence electrons. The number of aryl methyl sites for hydroxylation is 2. The molecule has 0 aliphatic carbocycles. The zero-order chi connectivity index (χ0) is 21.7. The molecule has 1 aliphatic rings. The average molecular weight is 457 g/mol. The van der Waals surface area contributed by atoms with Crippen LogP contribution < -0.4 is 5.32 Å². The minimum absolute atomic E-state index is 0.140. The second-order valence-corrected chi connectivity index (χ2v) is 10.4. The first-order valence-electron chi connectivity index (χ1n) is 10.3. The highest BCUT2D eigenvalue weighted by Crippen LogP contribution is 2.23. The molecule has 4 rings (SSSR count). The van der Waals surface area contributed by atoms with E-state index >= 15 is 0 Å². The van der Waals surface area contributed by atoms with Gasteiger partial charge in [0, 0.05) is 25.1 Å². The lowest BCUT2D eigenvalue weighted by Crippen LogP contribution is -2.28. The van der Waals surface area contributed by atoms with Gasteiger partial charge in [-0.1, -0.05) is 47.7 Å². The molecule has 1 aliphatic heterocycles. The van der Waals surface area contributed by atoms with Crippen LogP contribution in [0.5, 0.6) is 0 Å². The quantitative estimate of drug-likeness (QED) is 0.557. The highest BCUT2D eigenvalue weighted by Gasteiger charge is 2.27. The molecule has 0 bridgehead atoms. The molecule has 0 spiro atoms. The molecule has 2 aromatic carbocycles. The summed E-state index contributed by atoms with van der Waals surface area (Å²) in [5.41, 5.74) is 1.56. The van der Waals surface area contributed by atoms with E-state index in [0.29, 0.717) is 18.2 Å². The highest BCUT2D eigenvalue weighted by atomic mass is 32.2. The van der Waals surface area contributed by atoms with E-state index < -0.39 is 15.9 Å². The van der Waals surface area contributed by atoms with E-state index in [1.54, 1.807) is 12.1 Å². The summed E-state index contributed by atoms with van der Waals surface area (Å²) in [6.07, 6.45) is 4.42. The summed E-state index contributed by atoms with van der Waals surface area (Å²) in [5, 5.41) is 12.2. The lowest BCUT2D eigenvalue weighted by Gasteiger charge is -2.15. The van der Waals surface area contributed by atoms with Crippen molar-refractivity contribution >= 4 is 32.4 Å². The van der Waals surface area contributed by atoms with Gasteiger partial charge in [0.25, 0.3) is 5.91 Å². The van der Waals surface area contributed by atoms with E-state index in [1.807, 2.05) is 18.2 Å². The summed E-state index contributed by atoms with van der Waals surface area (Å²) in [6.45, 7) is 1.05. The second-order valence-electron chi connectivity index (χ2n) is 7.43. The van der Waals surface area contributed by atoms with Crippen molar-refractivity contribution in [3.63, 3.8) is 0 Å². The van der Waals surface area contributed by atoms with Gasteiger partial charge in [0.05, 0.1) is 4.90 Å². The van der Waals surface area contributed by atoms with Gasteiger partial charge < -0.3 is 0 Å². The van der Waals surface area contributed by atoms with Crippen molar-refractivity contribution in [3.05, 3.63) is 70.7 Å². The molecule has 7 nitrogen and oxygen atoms in total. The Morgan fingerprint density at radius 2 is 1.77 bits per heavy atom. The first-order chi connectivity index (χ1) is 15.0. The SMILES string of the molecule is O=C(Nc1nnc(CCCc2ccccc2)s1)c1cccc(S(=O)(=O)N2CCCC2)c1. The fourth-order valence-corrected chi connectivity index (χ4v) is 5.88. The van der Waals surface area contributed by atoms with Crippen molar-refractivity contribution in [2.24, 2.45) is 0 Å². The van der Waals surface area contributed by atoms with E-state index in [4.69, 9.17) is 0 Å². The maximum atomic E-state index is 12.7. The molecule has 0 unspecified atom stereocenters. The van der Waals surface area contributed by atoms with Gasteiger partial charge in [0.1, 0.15) is 5.01 Å². The number of aromatic nitrogens is 2. The van der Waals surface area contributed by atoms with Gasteiger partial charge in [-0.3, -0.25) is 10.1 Å². The monoisotopic (exact) mass is 456 g/mol. The first-order valence-corrected chi connectivity index (χ1v) is 12.6. The standard InChI is InChI=1S/C22H24N4O3S2/c27-21(18-11-7-12-19(16-18)31(28,29)26-14-4-5-15-26)23-22-25-24-20(30-22)13-6-10-17-8-2-1-3-9-17/h1-3,7-9,11-12,16H,4-6,10,13-15H2,(H,23,25,27). The number of nitrogens with one attached hydrogen (secondary N) is 1. The Morgan fingerprint density at radius 3 is 2.55 bits per heavy atom. The molecule has 0 atom stereocenters. The van der Waals surface area contributed by atoms with Crippen LogP contribution in [0.4, 0.5) is 5.13 Å². The van der Waals surface area contributed by atoms with Crippen LogP contribution in [0.25, 0.3) is 0 Å². The second kappa shape index (κ2) is 9.67. The Labute approximate surface area is 186 Å². The number of amides is 1. The number of benzene rings is 2. The normalized spacial score (nSPS) is 14.6. The molecule has 1 saturated heterocycles. The number of hydrogen-bond acceptors (Lipinski definition) is 6. The van der Waals surface area contributed by atoms with Gasteiger partial charge >= 0.3 is 0 Å². The number of carbonyl (C=O) groups excluding carboxylic acids is 1. The average Bonchev–Trinajstić information content (AvgIpc) is 3.47. The predicted octanol–water partition coefficient (Wildman–Crippen LogP) is 3.75. The van der Waals surface area contributed by atoms with Crippen molar-refractivity contribution in [1.29, 1.82) is 0 Å². The minimum Gasteiger partial charge on any atom is -0.296 e. The predicted molar refractivity (Wildman–Crippen MR) is 121 cm³/mol. The van der Waals surface area contributed by atoms with Crippen molar-refractivity contribution < 1.29 is 13.2 Å². The highest BCUT2D eigenvalue weighted by molar-refractivity contribution is 7.89. The molecule has 31 heavy (non-hydrogen) atoms. The van der Waals surface area contributed by atoms with Crippen LogP contribution in [0.3, 0.4) is 0 Å². The number of carbonyl (C=O) groups is 1. The largest absolute Gasteiger partial charge is 0.296 e. The Kier molecular flexibility index (Phi) is 6.74. The maximum absolute atomic E-state index is 12.7. The molecule has 1 aromatic heterocycles. The summed E-state index contributed by atoms with van der Waals surface area (Å²) in [4.78, 5) is 12.8. The molecule has 0 saturated carbocycles. The van der Waals surface area contributed by atoms with Crippen LogP contribution in [0.1, 0.15) is 40.2 Å². The summed E-state index contributed by atoms with van der Waals surface area (Å²) < 4.78 is 27.0. The Balaban J connectivity index is 1.36. The molecule has 1 amide bonds. The van der Waals surface area contributed by atoms with Crippen LogP contribution in [0, 0.1) is 0 Å². The van der Waals surface area contributed by atoms with Gasteiger partial charge in [0.2, 0.25) is 15.2 Å². The number of nitrogens with zero attached hydrogens (tertiary/aromatic N) is 3. The molecule has 0 radical (unpaired) electrons. The molecule has 9 heteroatoms. The van der Waals surface area contributed by atoms with Crippen LogP contribution in [0.2, 0.25) is 0 Å². The first kappa shape index (κ1) is 21.6. The third-order valence-corrected chi connectivity index (χ3v) is 7.98. The van der Waals surface area contributed by atoms with Gasteiger partial charge in [-0.15, -0.1) is 10.2 Å². The zero-order valence-corrected chi connectivity index (χ0v) is 18.7. The Bertz CT molecular complexity index is 1140. The minimum atomic E-state index is -3.57. The summed E-state index contributed by atoms with van der Waals surface area (Å²) in [5.74, 6) is -0.398. The van der Waals surface area contributed by atoms with Crippen LogP contribution in [-0.2, 0) is 22.9 Å². The van der Waals surface area contributed by atoms with Gasteiger partial charge in [-0.05, 0) is 49.4 Å². The van der Waals surface area contributed by atoms with Crippen molar-refractivity contribution in [3.8, 4) is 0 Å². The van der Waals surface area contributed by atoms with Gasteiger partial charge in [0.15, 0.2) is 0 Å². The van der Waals surface area contributed by atoms with E-state index in [1.165, 1.54) is 33.3 Å². The van der Waals surface area contributed by atoms with Crippen molar-refractivity contribution in [1.82, 2.24) is 14.5 Å². The lowest BCUT2D eigenvalue weighted by molar-refractivity contribution is 0.102. The molecule has 1 fully saturated rings. The fraction of sp³-hybridized carbons (Fsp3) is 0.318. The van der Waals surface area contributed by atoms with Crippen LogP contribution >= 0.6 is 11.3 Å². The Morgan fingerprint density at radius 1 is 1.00 bits per heavy atom. The summed E-state index contributed by atoms with van der Waals surface area (Å²) >= 11 is 1.34. The van der Waals surface area contributed by atoms with Crippen molar-refractivity contribution in [2.45, 2.75) is 37.0 Å². The topological polar surface area (TPSA) is 92.3 Å². The van der Waals surface area contributed by atoms with E-state index in [-0.39, 0.29) is 10.5 Å². The van der Waals surface area contributed by atoms with E-state index in [0.717, 1.165) is 37.1 Å². The number of hydrogen-bond donors (Lipinski definition) is 1. The van der Waals surface area contributed by atoms with Crippen LogP contribution in [0.15, 0.2) is 59.5 Å². The third-order valence-electron chi connectivity index (χ3n) is 5.19. The number of anilines is 1. The van der Waals surface area contributed by atoms with Crippen LogP contribution in [-0.4, -0.2) is 41.9 Å². The van der Waals surface area contributed by atoms with Gasteiger partial charge in [-0.25, -0.2) is 8.42 Å².